The van der Waals surface area contributed by atoms with Crippen LogP contribution in [0.25, 0.3) is 16.1 Å². The summed E-state index contributed by atoms with van der Waals surface area (Å²) in [6, 6.07) is 11.0. The number of carboxylic acids is 1. The lowest BCUT2D eigenvalue weighted by molar-refractivity contribution is -0.141. The summed E-state index contributed by atoms with van der Waals surface area (Å²) in [5.74, 6) is -0.678. The largest absolute Gasteiger partial charge is 0.482 e. The number of nitrogens with zero attached hydrogens (tertiary/aromatic N) is 4. The Labute approximate surface area is 227 Å². The molecule has 2 aromatic carbocycles. The lowest BCUT2D eigenvalue weighted by Crippen LogP contribution is -2.12. The zero-order chi connectivity index (χ0) is 27.8. The first-order valence-corrected chi connectivity index (χ1v) is 12.9. The first-order chi connectivity index (χ1) is 18.7. The van der Waals surface area contributed by atoms with Crippen LogP contribution < -0.4 is 4.74 Å². The van der Waals surface area contributed by atoms with Crippen LogP contribution in [0.15, 0.2) is 47.5 Å². The molecule has 39 heavy (non-hydrogen) atoms. The molecule has 0 spiro atoms. The molecule has 0 saturated carbocycles. The molecule has 1 aliphatic heterocycles. The van der Waals surface area contributed by atoms with E-state index in [1.54, 1.807) is 29.5 Å². The SMILES string of the molecule is COC(=O)C[C@@H]1N=C(c2ccc(-c3ccc(OCC(=O)O)cc3F)cc2)c2c(sc(C)c2C)-n2c(C)nnc21. The van der Waals surface area contributed by atoms with Crippen molar-refractivity contribution in [1.82, 2.24) is 14.8 Å². The van der Waals surface area contributed by atoms with Crippen molar-refractivity contribution in [3.63, 3.8) is 0 Å². The molecule has 0 amide bonds. The normalized spacial score (nSPS) is 14.2. The van der Waals surface area contributed by atoms with Gasteiger partial charge in [-0.25, -0.2) is 9.18 Å². The first kappa shape index (κ1) is 26.2. The predicted octanol–water partition coefficient (Wildman–Crippen LogP) is 4.98. The number of aryl methyl sites for hydroxylation is 2. The number of aromatic nitrogens is 3. The molecule has 1 aliphatic rings. The topological polar surface area (TPSA) is 116 Å². The number of esters is 1. The third kappa shape index (κ3) is 4.92. The number of thiophene rings is 1. The van der Waals surface area contributed by atoms with Gasteiger partial charge in [0, 0.05) is 27.6 Å². The fourth-order valence-corrected chi connectivity index (χ4v) is 5.75. The minimum Gasteiger partial charge on any atom is -0.482 e. The summed E-state index contributed by atoms with van der Waals surface area (Å²) in [5.41, 5.74) is 4.49. The van der Waals surface area contributed by atoms with Crippen LogP contribution in [0, 0.1) is 26.6 Å². The van der Waals surface area contributed by atoms with Crippen molar-refractivity contribution in [3.8, 4) is 21.9 Å². The minimum atomic E-state index is -1.14. The minimum absolute atomic E-state index is 0.00466. The van der Waals surface area contributed by atoms with Gasteiger partial charge in [-0.2, -0.15) is 0 Å². The van der Waals surface area contributed by atoms with Crippen LogP contribution in [0.4, 0.5) is 4.39 Å². The molecule has 0 saturated heterocycles. The van der Waals surface area contributed by atoms with E-state index in [1.807, 2.05) is 37.5 Å². The lowest BCUT2D eigenvalue weighted by Gasteiger charge is -2.12. The number of carbonyl (C=O) groups is 2. The maximum Gasteiger partial charge on any atom is 0.341 e. The van der Waals surface area contributed by atoms with Gasteiger partial charge in [-0.05, 0) is 44.0 Å². The smallest absolute Gasteiger partial charge is 0.341 e. The number of halogens is 1. The first-order valence-electron chi connectivity index (χ1n) is 12.1. The molecule has 1 N–H and O–H groups in total. The van der Waals surface area contributed by atoms with Crippen LogP contribution in [0.2, 0.25) is 0 Å². The van der Waals surface area contributed by atoms with Gasteiger partial charge in [0.15, 0.2) is 12.4 Å². The predicted molar refractivity (Wildman–Crippen MR) is 143 cm³/mol. The van der Waals surface area contributed by atoms with E-state index in [0.29, 0.717) is 28.5 Å². The van der Waals surface area contributed by atoms with Crippen molar-refractivity contribution in [3.05, 3.63) is 81.5 Å². The van der Waals surface area contributed by atoms with Crippen LogP contribution in [0.5, 0.6) is 5.75 Å². The summed E-state index contributed by atoms with van der Waals surface area (Å²) in [6.07, 6.45) is 0.00466. The number of aliphatic imine (C=N–C) groups is 1. The number of methoxy groups -OCH3 is 1. The highest BCUT2D eigenvalue weighted by molar-refractivity contribution is 7.15. The van der Waals surface area contributed by atoms with Crippen molar-refractivity contribution in [1.29, 1.82) is 0 Å². The molecule has 2 aromatic heterocycles. The van der Waals surface area contributed by atoms with E-state index >= 15 is 0 Å². The second kappa shape index (κ2) is 10.4. The van der Waals surface area contributed by atoms with Gasteiger partial charge >= 0.3 is 11.9 Å². The Morgan fingerprint density at radius 3 is 2.46 bits per heavy atom. The van der Waals surface area contributed by atoms with E-state index in [9.17, 15) is 14.0 Å². The average Bonchev–Trinajstić information content (AvgIpc) is 3.39. The van der Waals surface area contributed by atoms with Gasteiger partial charge < -0.3 is 14.6 Å². The highest BCUT2D eigenvalue weighted by atomic mass is 32.1. The number of ether oxygens (including phenoxy) is 2. The van der Waals surface area contributed by atoms with E-state index in [-0.39, 0.29) is 12.2 Å². The zero-order valence-electron chi connectivity index (χ0n) is 21.7. The summed E-state index contributed by atoms with van der Waals surface area (Å²) in [6.45, 7) is 5.41. The number of aliphatic carboxylic acids is 1. The van der Waals surface area contributed by atoms with E-state index in [4.69, 9.17) is 19.6 Å². The van der Waals surface area contributed by atoms with Gasteiger partial charge in [0.25, 0.3) is 0 Å². The van der Waals surface area contributed by atoms with E-state index in [2.05, 4.69) is 10.2 Å². The van der Waals surface area contributed by atoms with Gasteiger partial charge in [0.05, 0.1) is 19.2 Å². The van der Waals surface area contributed by atoms with Crippen LogP contribution in [-0.4, -0.2) is 51.2 Å². The molecule has 0 radical (unpaired) electrons. The molecule has 4 aromatic rings. The fourth-order valence-electron chi connectivity index (χ4n) is 4.54. The number of carbonyl (C=O) groups excluding carboxylic acids is 1. The Hall–Kier alpha value is -4.38. The third-order valence-corrected chi connectivity index (χ3v) is 7.79. The van der Waals surface area contributed by atoms with Crippen molar-refractivity contribution in [2.45, 2.75) is 33.2 Å². The average molecular weight is 549 g/mol. The quantitative estimate of drug-likeness (QED) is 0.324. The number of carboxylic acid groups (broad SMARTS) is 1. The number of hydrogen-bond donors (Lipinski definition) is 1. The second-order valence-electron chi connectivity index (χ2n) is 9.08. The van der Waals surface area contributed by atoms with Crippen LogP contribution in [0.3, 0.4) is 0 Å². The summed E-state index contributed by atoms with van der Waals surface area (Å²) in [5, 5.41) is 18.3. The van der Waals surface area contributed by atoms with Crippen molar-refractivity contribution < 1.29 is 28.6 Å². The Morgan fingerprint density at radius 2 is 1.79 bits per heavy atom. The number of benzene rings is 2. The molecule has 200 valence electrons. The third-order valence-electron chi connectivity index (χ3n) is 6.60. The van der Waals surface area contributed by atoms with Gasteiger partial charge in [0.1, 0.15) is 28.4 Å². The summed E-state index contributed by atoms with van der Waals surface area (Å²) < 4.78 is 26.8. The number of hydrogen-bond acceptors (Lipinski definition) is 8. The fraction of sp³-hybridized carbons (Fsp3) is 0.250. The molecule has 0 fully saturated rings. The molecule has 3 heterocycles. The van der Waals surface area contributed by atoms with Gasteiger partial charge in [0.2, 0.25) is 0 Å². The summed E-state index contributed by atoms with van der Waals surface area (Å²) >= 11 is 1.61. The van der Waals surface area contributed by atoms with Crippen LogP contribution in [-0.2, 0) is 14.3 Å². The van der Waals surface area contributed by atoms with E-state index in [1.165, 1.54) is 19.2 Å². The molecule has 5 rings (SSSR count). The van der Waals surface area contributed by atoms with Crippen molar-refractivity contribution >= 4 is 29.0 Å². The Morgan fingerprint density at radius 1 is 1.08 bits per heavy atom. The monoisotopic (exact) mass is 548 g/mol. The summed E-state index contributed by atoms with van der Waals surface area (Å²) in [7, 11) is 1.34. The highest BCUT2D eigenvalue weighted by Gasteiger charge is 2.32. The maximum absolute atomic E-state index is 14.9. The van der Waals surface area contributed by atoms with Crippen LogP contribution in [0.1, 0.15) is 45.7 Å². The Balaban J connectivity index is 1.57. The van der Waals surface area contributed by atoms with E-state index < -0.39 is 30.4 Å². The molecule has 0 bridgehead atoms. The summed E-state index contributed by atoms with van der Waals surface area (Å²) in [4.78, 5) is 29.2. The standard InChI is InChI=1S/C28H25FN4O5S/c1-14-15(2)39-28-25(14)26(30-22(12-24(36)37-4)27-32-31-16(3)33(27)28)18-7-5-17(6-8-18)20-10-9-19(11-21(20)29)38-13-23(34)35/h5-11,22H,12-13H2,1-4H3,(H,34,35)/t22-/m0/s1. The Kier molecular flexibility index (Phi) is 7.00. The molecule has 9 nitrogen and oxygen atoms in total. The number of fused-ring (bicyclic) bond motifs is 3. The molecule has 0 unspecified atom stereocenters. The lowest BCUT2D eigenvalue weighted by atomic mass is 9.97. The molecule has 0 aliphatic carbocycles. The van der Waals surface area contributed by atoms with Crippen LogP contribution >= 0.6 is 11.3 Å². The van der Waals surface area contributed by atoms with Crippen molar-refractivity contribution in [2.24, 2.45) is 4.99 Å². The van der Waals surface area contributed by atoms with E-state index in [0.717, 1.165) is 26.6 Å². The molecular formula is C28H25FN4O5S. The molecular weight excluding hydrogens is 523 g/mol. The Bertz CT molecular complexity index is 1620. The van der Waals surface area contributed by atoms with Gasteiger partial charge in [-0.1, -0.05) is 24.3 Å². The highest BCUT2D eigenvalue weighted by Crippen LogP contribution is 2.40. The zero-order valence-corrected chi connectivity index (χ0v) is 22.5. The number of rotatable bonds is 7. The molecule has 1 atom stereocenters. The van der Waals surface area contributed by atoms with Gasteiger partial charge in [-0.15, -0.1) is 21.5 Å². The maximum atomic E-state index is 14.9. The molecule has 11 heteroatoms. The second-order valence-corrected chi connectivity index (χ2v) is 10.3. The van der Waals surface area contributed by atoms with Gasteiger partial charge in [-0.3, -0.25) is 14.4 Å². The van der Waals surface area contributed by atoms with Crippen molar-refractivity contribution in [2.75, 3.05) is 13.7 Å².